The van der Waals surface area contributed by atoms with Crippen LogP contribution in [0.2, 0.25) is 0 Å². The van der Waals surface area contributed by atoms with Crippen molar-refractivity contribution in [3.8, 4) is 0 Å². The number of nitrogens with zero attached hydrogens (tertiary/aromatic N) is 1. The maximum absolute atomic E-state index is 4.16. The lowest BCUT2D eigenvalue weighted by molar-refractivity contribution is 0.494. The van der Waals surface area contributed by atoms with E-state index in [2.05, 4.69) is 16.4 Å². The highest BCUT2D eigenvalue weighted by atomic mass is 35.5. The zero-order valence-electron chi connectivity index (χ0n) is 8.19. The minimum atomic E-state index is 0. The molecule has 1 unspecified atom stereocenters. The van der Waals surface area contributed by atoms with Crippen LogP contribution in [0.4, 0.5) is 0 Å². The Morgan fingerprint density at radius 2 is 2.21 bits per heavy atom. The van der Waals surface area contributed by atoms with Crippen molar-refractivity contribution in [2.75, 3.05) is 7.05 Å². The van der Waals surface area contributed by atoms with Crippen LogP contribution < -0.4 is 5.32 Å². The van der Waals surface area contributed by atoms with E-state index in [0.717, 1.165) is 0 Å². The smallest absolute Gasteiger partial charge is 0.0335 e. The highest BCUT2D eigenvalue weighted by Gasteiger charge is 2.17. The summed E-state index contributed by atoms with van der Waals surface area (Å²) in [6.07, 6.45) is 7.64. The molecule has 1 heterocycles. The number of nitrogens with one attached hydrogen (secondary N) is 1. The largest absolute Gasteiger partial charge is 0.313 e. The minimum absolute atomic E-state index is 0. The van der Waals surface area contributed by atoms with Crippen LogP contribution in [0.25, 0.3) is 0 Å². The van der Waals surface area contributed by atoms with Gasteiger partial charge >= 0.3 is 0 Å². The quantitative estimate of drug-likeness (QED) is 0.809. The number of aryl methyl sites for hydroxylation is 1. The first-order chi connectivity index (χ1) is 5.92. The zero-order chi connectivity index (χ0) is 8.39. The fourth-order valence-electron chi connectivity index (χ4n) is 1.93. The first-order valence-electron chi connectivity index (χ1n) is 4.52. The lowest BCUT2D eigenvalue weighted by Gasteiger charge is -2.24. The summed E-state index contributed by atoms with van der Waals surface area (Å²) in [5.74, 6) is 0. The third-order valence-corrected chi connectivity index (χ3v) is 2.61. The zero-order valence-corrected chi connectivity index (χ0v) is 9.83. The highest BCUT2D eigenvalue weighted by Crippen LogP contribution is 2.27. The van der Waals surface area contributed by atoms with Crippen LogP contribution in [-0.4, -0.2) is 12.0 Å². The van der Waals surface area contributed by atoms with E-state index in [1.54, 1.807) is 0 Å². The molecule has 2 rings (SSSR count). The number of pyridine rings is 1. The number of halogens is 2. The van der Waals surface area contributed by atoms with Crippen LogP contribution in [0.1, 0.15) is 30.0 Å². The second-order valence-corrected chi connectivity index (χ2v) is 3.31. The van der Waals surface area contributed by atoms with E-state index in [0.29, 0.717) is 6.04 Å². The van der Waals surface area contributed by atoms with Gasteiger partial charge in [0, 0.05) is 18.4 Å². The van der Waals surface area contributed by atoms with Gasteiger partial charge in [-0.1, -0.05) is 0 Å². The first-order valence-corrected chi connectivity index (χ1v) is 4.52. The maximum atomic E-state index is 4.16. The van der Waals surface area contributed by atoms with Gasteiger partial charge in [0.05, 0.1) is 0 Å². The molecule has 0 bridgehead atoms. The fourth-order valence-corrected chi connectivity index (χ4v) is 1.93. The Kier molecular flexibility index (Phi) is 6.09. The van der Waals surface area contributed by atoms with Crippen molar-refractivity contribution in [2.24, 2.45) is 0 Å². The molecule has 0 saturated heterocycles. The molecule has 1 aliphatic carbocycles. The Morgan fingerprint density at radius 3 is 2.93 bits per heavy atom. The molecule has 1 N–H and O–H groups in total. The van der Waals surface area contributed by atoms with Crippen LogP contribution >= 0.6 is 24.8 Å². The van der Waals surface area contributed by atoms with E-state index in [1.807, 2.05) is 19.4 Å². The Morgan fingerprint density at radius 1 is 1.43 bits per heavy atom. The van der Waals surface area contributed by atoms with Crippen molar-refractivity contribution in [2.45, 2.75) is 25.3 Å². The molecule has 1 aromatic rings. The van der Waals surface area contributed by atoms with Gasteiger partial charge in [-0.25, -0.2) is 0 Å². The fraction of sp³-hybridized carbons (Fsp3) is 0.500. The summed E-state index contributed by atoms with van der Waals surface area (Å²) in [6, 6.07) is 2.67. The van der Waals surface area contributed by atoms with Gasteiger partial charge in [-0.2, -0.15) is 0 Å². The summed E-state index contributed by atoms with van der Waals surface area (Å²) in [6.45, 7) is 0. The number of hydrogen-bond donors (Lipinski definition) is 1. The topological polar surface area (TPSA) is 24.9 Å². The number of hydrogen-bond acceptors (Lipinski definition) is 2. The molecular weight excluding hydrogens is 219 g/mol. The molecule has 4 heteroatoms. The summed E-state index contributed by atoms with van der Waals surface area (Å²) in [5.41, 5.74) is 2.86. The Balaban J connectivity index is 0.000000845. The summed E-state index contributed by atoms with van der Waals surface area (Å²) in [4.78, 5) is 4.16. The maximum Gasteiger partial charge on any atom is 0.0335 e. The van der Waals surface area contributed by atoms with Gasteiger partial charge in [0.1, 0.15) is 0 Å². The molecule has 0 saturated carbocycles. The van der Waals surface area contributed by atoms with Crippen LogP contribution in [0, 0.1) is 0 Å². The SMILES string of the molecule is CNC1CCCc2ccncc21.Cl.Cl. The van der Waals surface area contributed by atoms with Crippen LogP contribution in [0.3, 0.4) is 0 Å². The minimum Gasteiger partial charge on any atom is -0.313 e. The third kappa shape index (κ3) is 2.59. The molecule has 1 aromatic heterocycles. The van der Waals surface area contributed by atoms with Crippen LogP contribution in [0.5, 0.6) is 0 Å². The molecule has 0 aliphatic heterocycles. The molecule has 0 amide bonds. The van der Waals surface area contributed by atoms with E-state index >= 15 is 0 Å². The third-order valence-electron chi connectivity index (χ3n) is 2.61. The summed E-state index contributed by atoms with van der Waals surface area (Å²) >= 11 is 0. The highest BCUT2D eigenvalue weighted by molar-refractivity contribution is 5.85. The van der Waals surface area contributed by atoms with Crippen molar-refractivity contribution in [1.82, 2.24) is 10.3 Å². The van der Waals surface area contributed by atoms with Gasteiger partial charge in [0.15, 0.2) is 0 Å². The molecular formula is C10H16Cl2N2. The van der Waals surface area contributed by atoms with E-state index in [-0.39, 0.29) is 24.8 Å². The second-order valence-electron chi connectivity index (χ2n) is 3.31. The van der Waals surface area contributed by atoms with Crippen molar-refractivity contribution in [3.63, 3.8) is 0 Å². The number of fused-ring (bicyclic) bond motifs is 1. The molecule has 80 valence electrons. The monoisotopic (exact) mass is 234 g/mol. The molecule has 14 heavy (non-hydrogen) atoms. The van der Waals surface area contributed by atoms with Gasteiger partial charge in [0.2, 0.25) is 0 Å². The standard InChI is InChI=1S/C10H14N2.2ClH/c1-11-10-4-2-3-8-5-6-12-7-9(8)10;;/h5-7,10-11H,2-4H2,1H3;2*1H. The summed E-state index contributed by atoms with van der Waals surface area (Å²) in [7, 11) is 2.02. The molecule has 0 fully saturated rings. The average Bonchev–Trinajstić information content (AvgIpc) is 2.17. The van der Waals surface area contributed by atoms with E-state index in [9.17, 15) is 0 Å². The second kappa shape index (κ2) is 6.23. The van der Waals surface area contributed by atoms with Crippen LogP contribution in [-0.2, 0) is 6.42 Å². The predicted octanol–water partition coefficient (Wildman–Crippen LogP) is 2.52. The van der Waals surface area contributed by atoms with Gasteiger partial charge in [-0.05, 0) is 43.5 Å². The van der Waals surface area contributed by atoms with Crippen molar-refractivity contribution < 1.29 is 0 Å². The predicted molar refractivity (Wildman–Crippen MR) is 63.5 cm³/mol. The lowest BCUT2D eigenvalue weighted by Crippen LogP contribution is -2.21. The Bertz CT molecular complexity index is 279. The van der Waals surface area contributed by atoms with Gasteiger partial charge in [-0.15, -0.1) is 24.8 Å². The van der Waals surface area contributed by atoms with E-state index < -0.39 is 0 Å². The molecule has 1 aliphatic rings. The Hall–Kier alpha value is -0.310. The molecule has 2 nitrogen and oxygen atoms in total. The normalized spacial score (nSPS) is 18.8. The lowest BCUT2D eigenvalue weighted by atomic mass is 9.89. The molecule has 1 atom stereocenters. The van der Waals surface area contributed by atoms with Gasteiger partial charge in [-0.3, -0.25) is 4.98 Å². The number of rotatable bonds is 1. The van der Waals surface area contributed by atoms with Crippen LogP contribution in [0.15, 0.2) is 18.5 Å². The summed E-state index contributed by atoms with van der Waals surface area (Å²) in [5, 5.41) is 3.32. The number of aromatic nitrogens is 1. The first kappa shape index (κ1) is 13.7. The van der Waals surface area contributed by atoms with Crippen molar-refractivity contribution in [1.29, 1.82) is 0 Å². The molecule has 0 aromatic carbocycles. The molecule has 0 radical (unpaired) electrons. The van der Waals surface area contributed by atoms with E-state index in [1.165, 1.54) is 30.4 Å². The van der Waals surface area contributed by atoms with E-state index in [4.69, 9.17) is 0 Å². The Labute approximate surface area is 97.3 Å². The van der Waals surface area contributed by atoms with Gasteiger partial charge in [0.25, 0.3) is 0 Å². The molecule has 0 spiro atoms. The van der Waals surface area contributed by atoms with Crippen molar-refractivity contribution in [3.05, 3.63) is 29.6 Å². The van der Waals surface area contributed by atoms with Crippen molar-refractivity contribution >= 4 is 24.8 Å². The summed E-state index contributed by atoms with van der Waals surface area (Å²) < 4.78 is 0. The van der Waals surface area contributed by atoms with Gasteiger partial charge < -0.3 is 5.32 Å². The average molecular weight is 235 g/mol.